The van der Waals surface area contributed by atoms with Crippen LogP contribution in [0.2, 0.25) is 0 Å². The average Bonchev–Trinajstić information content (AvgIpc) is 3.23. The summed E-state index contributed by atoms with van der Waals surface area (Å²) in [6.07, 6.45) is 12.9. The van der Waals surface area contributed by atoms with E-state index in [0.717, 1.165) is 12.8 Å². The lowest BCUT2D eigenvalue weighted by Gasteiger charge is -1.93. The van der Waals surface area contributed by atoms with E-state index in [2.05, 4.69) is 26.2 Å². The molecule has 0 saturated carbocycles. The maximum Gasteiger partial charge on any atom is 0.290 e. The number of hydrogen-bond acceptors (Lipinski definition) is 5. The number of rotatable bonds is 5. The van der Waals surface area contributed by atoms with Crippen LogP contribution < -0.4 is 0 Å². The van der Waals surface area contributed by atoms with Crippen LogP contribution in [0.3, 0.4) is 0 Å². The average molecular weight is 300 g/mol. The van der Waals surface area contributed by atoms with Crippen molar-refractivity contribution in [3.05, 3.63) is 43.4 Å². The minimum absolute atomic E-state index is 0.250. The Kier molecular flexibility index (Phi) is 23.2. The Morgan fingerprint density at radius 2 is 1.95 bits per heavy atom. The first-order chi connectivity index (χ1) is 10.3. The van der Waals surface area contributed by atoms with Gasteiger partial charge in [-0.1, -0.05) is 26.2 Å². The number of furan rings is 1. The number of carboxylic acid groups (broad SMARTS) is 1. The van der Waals surface area contributed by atoms with Crippen LogP contribution >= 0.6 is 0 Å². The quantitative estimate of drug-likeness (QED) is 0.338. The molecule has 7 nitrogen and oxygen atoms in total. The molecule has 0 unspecified atom stereocenters. The number of nitrogens with zero attached hydrogens (tertiary/aromatic N) is 1. The molecule has 3 N–H and O–H groups in total. The lowest BCUT2D eigenvalue weighted by Crippen LogP contribution is -1.87. The second-order valence-corrected chi connectivity index (χ2v) is 3.55. The van der Waals surface area contributed by atoms with Gasteiger partial charge in [-0.15, -0.1) is 0 Å². The Morgan fingerprint density at radius 1 is 1.29 bits per heavy atom. The molecule has 7 heteroatoms. The Labute approximate surface area is 124 Å². The first kappa shape index (κ1) is 21.2. The van der Waals surface area contributed by atoms with E-state index in [4.69, 9.17) is 15.2 Å². The summed E-state index contributed by atoms with van der Waals surface area (Å²) in [6, 6.07) is 3.67. The molecule has 0 aliphatic rings. The predicted octanol–water partition coefficient (Wildman–Crippen LogP) is 3.45. The van der Waals surface area contributed by atoms with Crippen LogP contribution in [-0.4, -0.2) is 33.4 Å². The molecule has 0 atom stereocenters. The Hall–Kier alpha value is -2.12. The molecule has 0 aliphatic heterocycles. The molecule has 2 aromatic rings. The molecule has 0 aliphatic carbocycles. The number of nitrogens with one attached hydrogen (secondary N) is 1. The predicted molar refractivity (Wildman–Crippen MR) is 78.7 cm³/mol. The number of unbranched alkanes of at least 4 members (excludes halogenated alkanes) is 3. The fourth-order valence-electron chi connectivity index (χ4n) is 1.04. The summed E-state index contributed by atoms with van der Waals surface area (Å²) in [5, 5.41) is 14.8. The highest BCUT2D eigenvalue weighted by Crippen LogP contribution is 1.97. The van der Waals surface area contributed by atoms with Crippen molar-refractivity contribution in [1.29, 1.82) is 0 Å². The van der Waals surface area contributed by atoms with E-state index < -0.39 is 0 Å². The van der Waals surface area contributed by atoms with E-state index in [9.17, 15) is 0 Å². The third-order valence-corrected chi connectivity index (χ3v) is 1.92. The summed E-state index contributed by atoms with van der Waals surface area (Å²) in [7, 11) is 0. The lowest BCUT2D eigenvalue weighted by atomic mass is 10.2. The third-order valence-electron chi connectivity index (χ3n) is 1.92. The molecule has 0 aromatic carbocycles. The molecule has 21 heavy (non-hydrogen) atoms. The van der Waals surface area contributed by atoms with Crippen LogP contribution in [0, 0.1) is 0 Å². The van der Waals surface area contributed by atoms with Gasteiger partial charge in [0.05, 0.1) is 25.5 Å². The van der Waals surface area contributed by atoms with Gasteiger partial charge in [0.1, 0.15) is 0 Å². The molecule has 2 heterocycles. The smallest absolute Gasteiger partial charge is 0.290 e. The van der Waals surface area contributed by atoms with Crippen LogP contribution in [0.25, 0.3) is 0 Å². The Bertz CT molecular complexity index is 271. The maximum absolute atomic E-state index is 8.36. The number of H-pyrrole nitrogens is 1. The van der Waals surface area contributed by atoms with Crippen molar-refractivity contribution in [2.75, 3.05) is 6.61 Å². The topological polar surface area (TPSA) is 109 Å². The Balaban J connectivity index is 0. The van der Waals surface area contributed by atoms with Gasteiger partial charge in [0, 0.05) is 12.4 Å². The number of aromatic nitrogens is 2. The van der Waals surface area contributed by atoms with Crippen molar-refractivity contribution in [2.24, 2.45) is 0 Å². The van der Waals surface area contributed by atoms with Crippen LogP contribution in [-0.2, 0) is 9.68 Å². The number of imidazole rings is 1. The third kappa shape index (κ3) is 27.2. The fraction of sp³-hybridized carbons (Fsp3) is 0.429. The van der Waals surface area contributed by atoms with Crippen LogP contribution in [0.15, 0.2) is 47.8 Å². The van der Waals surface area contributed by atoms with Gasteiger partial charge >= 0.3 is 0 Å². The highest BCUT2D eigenvalue weighted by Gasteiger charge is 1.84. The van der Waals surface area contributed by atoms with E-state index in [1.807, 2.05) is 12.1 Å². The second kappa shape index (κ2) is 23.0. The molecule has 0 spiro atoms. The molecule has 0 amide bonds. The zero-order valence-electron chi connectivity index (χ0n) is 12.2. The van der Waals surface area contributed by atoms with Gasteiger partial charge < -0.3 is 14.5 Å². The van der Waals surface area contributed by atoms with Gasteiger partial charge in [-0.25, -0.2) is 9.87 Å². The van der Waals surface area contributed by atoms with E-state index in [1.165, 1.54) is 12.8 Å². The normalized spacial score (nSPS) is 8.10. The highest BCUT2D eigenvalue weighted by atomic mass is 17.1. The molecule has 0 bridgehead atoms. The number of aromatic amines is 1. The van der Waals surface area contributed by atoms with Gasteiger partial charge in [-0.2, -0.15) is 0 Å². The summed E-state index contributed by atoms with van der Waals surface area (Å²) < 4.78 is 4.58. The first-order valence-corrected chi connectivity index (χ1v) is 6.57. The van der Waals surface area contributed by atoms with Crippen molar-refractivity contribution in [1.82, 2.24) is 9.97 Å². The molecule has 0 saturated heterocycles. The summed E-state index contributed by atoms with van der Waals surface area (Å²) in [6.45, 7) is 2.39. The minimum atomic E-state index is -0.250. The first-order valence-electron chi connectivity index (χ1n) is 6.57. The lowest BCUT2D eigenvalue weighted by molar-refractivity contribution is -0.242. The van der Waals surface area contributed by atoms with Crippen LogP contribution in [0.1, 0.15) is 32.6 Å². The van der Waals surface area contributed by atoms with Gasteiger partial charge in [0.15, 0.2) is 0 Å². The summed E-state index contributed by atoms with van der Waals surface area (Å²) in [5.41, 5.74) is 0. The van der Waals surface area contributed by atoms with E-state index >= 15 is 0 Å². The van der Waals surface area contributed by atoms with Gasteiger partial charge in [0.2, 0.25) is 0 Å². The molecule has 0 fully saturated rings. The molecular weight excluding hydrogens is 276 g/mol. The van der Waals surface area contributed by atoms with Gasteiger partial charge in [0.25, 0.3) is 6.47 Å². The summed E-state index contributed by atoms with van der Waals surface area (Å²) in [4.78, 5) is 18.7. The Morgan fingerprint density at radius 3 is 2.24 bits per heavy atom. The monoisotopic (exact) mass is 300 g/mol. The van der Waals surface area contributed by atoms with Crippen molar-refractivity contribution in [2.45, 2.75) is 32.6 Å². The molecule has 2 aromatic heterocycles. The standard InChI is InChI=1S/C6H14O2.C4H4O.C3H4N2.CH2O2/c1-2-3-4-5-6-8-7;1-2-4-5-3-1;1-2-5-3-4-1;2-1-3/h7H,2-6H2,1H3;1-4H;1-3H,(H,4,5);1H,(H,2,3). The number of carbonyl (C=O) groups is 1. The van der Waals surface area contributed by atoms with Crippen molar-refractivity contribution >= 4 is 6.47 Å². The van der Waals surface area contributed by atoms with E-state index in [0.29, 0.717) is 6.61 Å². The van der Waals surface area contributed by atoms with Gasteiger partial charge in [-0.05, 0) is 18.6 Å². The summed E-state index contributed by atoms with van der Waals surface area (Å²) in [5.74, 6) is 0. The molecule has 2 rings (SSSR count). The zero-order valence-corrected chi connectivity index (χ0v) is 12.2. The van der Waals surface area contributed by atoms with E-state index in [-0.39, 0.29) is 6.47 Å². The van der Waals surface area contributed by atoms with E-state index in [1.54, 1.807) is 31.2 Å². The molecular formula is C14H24N2O5. The SMILES string of the molecule is CCCCCCOO.O=CO.c1c[nH]cn1.c1ccoc1. The minimum Gasteiger partial charge on any atom is -0.483 e. The maximum atomic E-state index is 8.36. The van der Waals surface area contributed by atoms with Crippen molar-refractivity contribution in [3.63, 3.8) is 0 Å². The van der Waals surface area contributed by atoms with Crippen molar-refractivity contribution < 1.29 is 24.5 Å². The van der Waals surface area contributed by atoms with Crippen LogP contribution in [0.4, 0.5) is 0 Å². The zero-order chi connectivity index (χ0) is 16.0. The number of hydrogen-bond donors (Lipinski definition) is 3. The largest absolute Gasteiger partial charge is 0.483 e. The second-order valence-electron chi connectivity index (χ2n) is 3.55. The van der Waals surface area contributed by atoms with Crippen molar-refractivity contribution in [3.8, 4) is 0 Å². The fourth-order valence-corrected chi connectivity index (χ4v) is 1.04. The summed E-state index contributed by atoms with van der Waals surface area (Å²) >= 11 is 0. The highest BCUT2D eigenvalue weighted by molar-refractivity contribution is 5.32. The van der Waals surface area contributed by atoms with Gasteiger partial charge in [-0.3, -0.25) is 10.1 Å². The van der Waals surface area contributed by atoms with Crippen LogP contribution in [0.5, 0.6) is 0 Å². The molecule has 120 valence electrons. The molecule has 0 radical (unpaired) electrons.